The molecule has 7 nitrogen and oxygen atoms in total. The van der Waals surface area contributed by atoms with Crippen molar-refractivity contribution in [1.29, 1.82) is 0 Å². The highest BCUT2D eigenvalue weighted by molar-refractivity contribution is 5.43. The molecule has 0 aliphatic rings. The van der Waals surface area contributed by atoms with Crippen molar-refractivity contribution in [2.45, 2.75) is 20.5 Å². The minimum Gasteiger partial charge on any atom is -0.497 e. The van der Waals surface area contributed by atoms with Crippen LogP contribution in [-0.4, -0.2) is 21.5 Å². The number of ether oxygens (including phenoxy) is 3. The Labute approximate surface area is 173 Å². The number of methoxy groups -OCH3 is 1. The molecular weight excluding hydrogens is 382 g/mol. The molecule has 30 heavy (non-hydrogen) atoms. The summed E-state index contributed by atoms with van der Waals surface area (Å²) in [5.74, 6) is 2.41. The molecule has 0 spiro atoms. The van der Waals surface area contributed by atoms with Crippen LogP contribution in [0.1, 0.15) is 16.7 Å². The Kier molecular flexibility index (Phi) is 5.34. The number of hydrogen-bond donors (Lipinski definition) is 0. The van der Waals surface area contributed by atoms with Crippen LogP contribution in [0.25, 0.3) is 5.65 Å². The molecule has 0 aliphatic heterocycles. The van der Waals surface area contributed by atoms with Crippen LogP contribution in [0.15, 0.2) is 65.8 Å². The molecule has 0 fully saturated rings. The van der Waals surface area contributed by atoms with Gasteiger partial charge < -0.3 is 14.2 Å². The van der Waals surface area contributed by atoms with E-state index in [1.165, 1.54) is 4.40 Å². The van der Waals surface area contributed by atoms with Gasteiger partial charge in [0.05, 0.1) is 19.5 Å². The van der Waals surface area contributed by atoms with Gasteiger partial charge in [-0.05, 0) is 49.7 Å². The first-order chi connectivity index (χ1) is 14.5. The fraction of sp³-hybridized carbons (Fsp3) is 0.174. The van der Waals surface area contributed by atoms with Crippen LogP contribution in [0.2, 0.25) is 0 Å². The summed E-state index contributed by atoms with van der Waals surface area (Å²) in [6.07, 6.45) is 4.79. The van der Waals surface area contributed by atoms with Gasteiger partial charge in [-0.25, -0.2) is 9.97 Å². The summed E-state index contributed by atoms with van der Waals surface area (Å²) in [7, 11) is 1.64. The third-order valence-corrected chi connectivity index (χ3v) is 4.62. The Bertz CT molecular complexity index is 1250. The number of nitrogens with zero attached hydrogens (tertiary/aromatic N) is 3. The molecule has 152 valence electrons. The number of aromatic nitrogens is 3. The zero-order valence-corrected chi connectivity index (χ0v) is 17.0. The Morgan fingerprint density at radius 1 is 0.900 bits per heavy atom. The molecule has 0 radical (unpaired) electrons. The van der Waals surface area contributed by atoms with E-state index in [1.54, 1.807) is 44.8 Å². The fourth-order valence-corrected chi connectivity index (χ4v) is 2.96. The van der Waals surface area contributed by atoms with Gasteiger partial charge in [0.15, 0.2) is 0 Å². The van der Waals surface area contributed by atoms with E-state index in [1.807, 2.05) is 37.3 Å². The van der Waals surface area contributed by atoms with E-state index >= 15 is 0 Å². The second kappa shape index (κ2) is 8.24. The van der Waals surface area contributed by atoms with Gasteiger partial charge in [0.2, 0.25) is 5.88 Å². The third-order valence-electron chi connectivity index (χ3n) is 4.62. The monoisotopic (exact) mass is 403 g/mol. The Morgan fingerprint density at radius 2 is 1.67 bits per heavy atom. The molecule has 0 unspecified atom stereocenters. The summed E-state index contributed by atoms with van der Waals surface area (Å²) in [4.78, 5) is 20.9. The predicted molar refractivity (Wildman–Crippen MR) is 113 cm³/mol. The van der Waals surface area contributed by atoms with Gasteiger partial charge in [-0.15, -0.1) is 0 Å². The van der Waals surface area contributed by atoms with Crippen LogP contribution >= 0.6 is 0 Å². The van der Waals surface area contributed by atoms with Crippen molar-refractivity contribution in [3.63, 3.8) is 0 Å². The first kappa shape index (κ1) is 19.4. The lowest BCUT2D eigenvalue weighted by atomic mass is 10.2. The van der Waals surface area contributed by atoms with Crippen LogP contribution in [-0.2, 0) is 6.61 Å². The summed E-state index contributed by atoms with van der Waals surface area (Å²) in [6, 6.07) is 13.0. The minimum absolute atomic E-state index is 0.123. The number of benzene rings is 1. The highest BCUT2D eigenvalue weighted by atomic mass is 16.5. The van der Waals surface area contributed by atoms with E-state index in [4.69, 9.17) is 14.2 Å². The van der Waals surface area contributed by atoms with Crippen molar-refractivity contribution in [2.24, 2.45) is 0 Å². The van der Waals surface area contributed by atoms with Crippen LogP contribution < -0.4 is 19.8 Å². The summed E-state index contributed by atoms with van der Waals surface area (Å²) >= 11 is 0. The summed E-state index contributed by atoms with van der Waals surface area (Å²) in [5.41, 5.74) is 2.87. The van der Waals surface area contributed by atoms with Crippen LogP contribution in [0.3, 0.4) is 0 Å². The normalized spacial score (nSPS) is 10.8. The molecule has 3 aromatic heterocycles. The van der Waals surface area contributed by atoms with Crippen LogP contribution in [0.5, 0.6) is 23.1 Å². The van der Waals surface area contributed by atoms with Gasteiger partial charge >= 0.3 is 0 Å². The van der Waals surface area contributed by atoms with E-state index in [0.29, 0.717) is 35.2 Å². The Hall–Kier alpha value is -3.87. The molecule has 0 bridgehead atoms. The Balaban J connectivity index is 1.48. The predicted octanol–water partition coefficient (Wildman–Crippen LogP) is 4.09. The van der Waals surface area contributed by atoms with Crippen molar-refractivity contribution in [2.75, 3.05) is 7.11 Å². The molecule has 0 saturated heterocycles. The zero-order chi connectivity index (χ0) is 21.1. The lowest BCUT2D eigenvalue weighted by molar-refractivity contribution is 0.290. The number of hydrogen-bond acceptors (Lipinski definition) is 6. The molecule has 0 aliphatic carbocycles. The van der Waals surface area contributed by atoms with E-state index in [0.717, 1.165) is 16.9 Å². The quantitative estimate of drug-likeness (QED) is 0.483. The maximum Gasteiger partial charge on any atom is 0.260 e. The maximum atomic E-state index is 12.3. The molecule has 1 aromatic carbocycles. The summed E-state index contributed by atoms with van der Waals surface area (Å²) in [5, 5.41) is 0. The van der Waals surface area contributed by atoms with Gasteiger partial charge in [0.1, 0.15) is 29.5 Å². The molecule has 3 heterocycles. The lowest BCUT2D eigenvalue weighted by Gasteiger charge is -2.11. The number of rotatable bonds is 6. The average molecular weight is 403 g/mol. The molecule has 4 rings (SSSR count). The maximum absolute atomic E-state index is 12.3. The van der Waals surface area contributed by atoms with E-state index in [9.17, 15) is 4.79 Å². The standard InChI is InChI=1S/C23H21N3O4/c1-15-10-20(12-25-22(15)29-14-17-4-6-18(28-3)7-5-17)30-19-8-9-21-24-11-16(2)23(27)26(21)13-19/h4-13H,14H2,1-3H3. The highest BCUT2D eigenvalue weighted by Gasteiger charge is 2.08. The Morgan fingerprint density at radius 3 is 2.40 bits per heavy atom. The van der Waals surface area contributed by atoms with Gasteiger partial charge in [0.25, 0.3) is 5.56 Å². The van der Waals surface area contributed by atoms with Gasteiger partial charge in [-0.2, -0.15) is 0 Å². The second-order valence-electron chi connectivity index (χ2n) is 6.87. The minimum atomic E-state index is -0.123. The van der Waals surface area contributed by atoms with E-state index < -0.39 is 0 Å². The lowest BCUT2D eigenvalue weighted by Crippen LogP contribution is -2.16. The van der Waals surface area contributed by atoms with Crippen molar-refractivity contribution >= 4 is 5.65 Å². The van der Waals surface area contributed by atoms with Crippen molar-refractivity contribution in [3.05, 3.63) is 88.1 Å². The summed E-state index contributed by atoms with van der Waals surface area (Å²) in [6.45, 7) is 4.03. The molecule has 4 aromatic rings. The summed E-state index contributed by atoms with van der Waals surface area (Å²) < 4.78 is 18.3. The van der Waals surface area contributed by atoms with Crippen molar-refractivity contribution < 1.29 is 14.2 Å². The molecular formula is C23H21N3O4. The van der Waals surface area contributed by atoms with E-state index in [-0.39, 0.29) is 5.56 Å². The molecule has 0 amide bonds. The average Bonchev–Trinajstić information content (AvgIpc) is 2.76. The van der Waals surface area contributed by atoms with Crippen LogP contribution in [0.4, 0.5) is 0 Å². The highest BCUT2D eigenvalue weighted by Crippen LogP contribution is 2.25. The van der Waals surface area contributed by atoms with E-state index in [2.05, 4.69) is 9.97 Å². The van der Waals surface area contributed by atoms with Crippen molar-refractivity contribution in [3.8, 4) is 23.1 Å². The molecule has 0 N–H and O–H groups in total. The SMILES string of the molecule is COc1ccc(COc2ncc(Oc3ccc4ncc(C)c(=O)n4c3)cc2C)cc1. The number of pyridine rings is 2. The van der Waals surface area contributed by atoms with Gasteiger partial charge in [-0.3, -0.25) is 9.20 Å². The van der Waals surface area contributed by atoms with Crippen molar-refractivity contribution in [1.82, 2.24) is 14.4 Å². The first-order valence-corrected chi connectivity index (χ1v) is 9.42. The molecule has 0 saturated carbocycles. The third kappa shape index (κ3) is 4.10. The topological polar surface area (TPSA) is 74.9 Å². The smallest absolute Gasteiger partial charge is 0.260 e. The van der Waals surface area contributed by atoms with Crippen LogP contribution in [0, 0.1) is 13.8 Å². The fourth-order valence-electron chi connectivity index (χ4n) is 2.96. The number of fused-ring (bicyclic) bond motifs is 1. The first-order valence-electron chi connectivity index (χ1n) is 9.42. The van der Waals surface area contributed by atoms with Gasteiger partial charge in [-0.1, -0.05) is 12.1 Å². The zero-order valence-electron chi connectivity index (χ0n) is 17.0. The molecule has 7 heteroatoms. The largest absolute Gasteiger partial charge is 0.497 e. The number of aryl methyl sites for hydroxylation is 2. The van der Waals surface area contributed by atoms with Gasteiger partial charge in [0, 0.05) is 17.3 Å². The second-order valence-corrected chi connectivity index (χ2v) is 6.87. The molecule has 0 atom stereocenters.